The number of hydrogen-bond acceptors (Lipinski definition) is 4. The number of halogens is 1. The first-order valence-corrected chi connectivity index (χ1v) is 4.72. The van der Waals surface area contributed by atoms with Crippen molar-refractivity contribution >= 4 is 5.95 Å². The van der Waals surface area contributed by atoms with E-state index in [4.69, 9.17) is 5.73 Å². The fourth-order valence-electron chi connectivity index (χ4n) is 1.68. The molecule has 2 heterocycles. The molecule has 0 amide bonds. The van der Waals surface area contributed by atoms with Crippen LogP contribution in [0, 0.1) is 11.7 Å². The Morgan fingerprint density at radius 1 is 1.50 bits per heavy atom. The van der Waals surface area contributed by atoms with Crippen LogP contribution in [0.1, 0.15) is 6.42 Å². The summed E-state index contributed by atoms with van der Waals surface area (Å²) in [4.78, 5) is 9.89. The zero-order valence-electron chi connectivity index (χ0n) is 7.86. The molecule has 1 aliphatic heterocycles. The van der Waals surface area contributed by atoms with Crippen molar-refractivity contribution in [3.8, 4) is 0 Å². The molecule has 2 rings (SSSR count). The molecule has 14 heavy (non-hydrogen) atoms. The highest BCUT2D eigenvalue weighted by Crippen LogP contribution is 2.19. The molecule has 0 radical (unpaired) electrons. The zero-order chi connectivity index (χ0) is 9.97. The molecule has 0 spiro atoms. The largest absolute Gasteiger partial charge is 0.340 e. The Labute approximate surface area is 82.0 Å². The summed E-state index contributed by atoms with van der Waals surface area (Å²) in [6.45, 7) is 2.48. The van der Waals surface area contributed by atoms with Crippen LogP contribution in [0.5, 0.6) is 0 Å². The lowest BCUT2D eigenvalue weighted by molar-refractivity contribution is 0.599. The Balaban J connectivity index is 2.06. The standard InChI is InChI=1S/C9H13FN4/c10-8-4-12-9(13-5-8)14-2-1-7(3-11)6-14/h4-5,7H,1-3,6,11H2/t7-/m0/s1. The average molecular weight is 196 g/mol. The van der Waals surface area contributed by atoms with Crippen molar-refractivity contribution in [2.45, 2.75) is 6.42 Å². The molecular weight excluding hydrogens is 183 g/mol. The SMILES string of the molecule is NC[C@@H]1CCN(c2ncc(F)cn2)C1. The summed E-state index contributed by atoms with van der Waals surface area (Å²) < 4.78 is 12.6. The van der Waals surface area contributed by atoms with Crippen molar-refractivity contribution in [2.75, 3.05) is 24.5 Å². The second kappa shape index (κ2) is 3.88. The predicted molar refractivity (Wildman–Crippen MR) is 51.4 cm³/mol. The molecule has 5 heteroatoms. The van der Waals surface area contributed by atoms with Crippen LogP contribution >= 0.6 is 0 Å². The van der Waals surface area contributed by atoms with Crippen LogP contribution in [0.3, 0.4) is 0 Å². The van der Waals surface area contributed by atoms with Crippen molar-refractivity contribution in [1.82, 2.24) is 9.97 Å². The van der Waals surface area contributed by atoms with E-state index < -0.39 is 5.82 Å². The van der Waals surface area contributed by atoms with Gasteiger partial charge < -0.3 is 10.6 Å². The van der Waals surface area contributed by atoms with Crippen molar-refractivity contribution in [3.05, 3.63) is 18.2 Å². The molecule has 76 valence electrons. The van der Waals surface area contributed by atoms with Gasteiger partial charge in [0.2, 0.25) is 5.95 Å². The summed E-state index contributed by atoms with van der Waals surface area (Å²) in [5.41, 5.74) is 5.57. The monoisotopic (exact) mass is 196 g/mol. The fourth-order valence-corrected chi connectivity index (χ4v) is 1.68. The highest BCUT2D eigenvalue weighted by atomic mass is 19.1. The van der Waals surface area contributed by atoms with Gasteiger partial charge in [-0.3, -0.25) is 0 Å². The van der Waals surface area contributed by atoms with E-state index in [0.29, 0.717) is 18.4 Å². The van der Waals surface area contributed by atoms with Crippen LogP contribution in [0.4, 0.5) is 10.3 Å². The average Bonchev–Trinajstić information content (AvgIpc) is 2.67. The number of nitrogens with two attached hydrogens (primary N) is 1. The van der Waals surface area contributed by atoms with E-state index in [-0.39, 0.29) is 0 Å². The third kappa shape index (κ3) is 1.82. The van der Waals surface area contributed by atoms with Gasteiger partial charge in [-0.05, 0) is 18.9 Å². The molecule has 0 bridgehead atoms. The molecule has 4 nitrogen and oxygen atoms in total. The first kappa shape index (κ1) is 9.33. The molecule has 0 aromatic carbocycles. The lowest BCUT2D eigenvalue weighted by Crippen LogP contribution is -2.24. The van der Waals surface area contributed by atoms with Crippen LogP contribution in [-0.4, -0.2) is 29.6 Å². The minimum Gasteiger partial charge on any atom is -0.340 e. The number of aromatic nitrogens is 2. The summed E-state index contributed by atoms with van der Waals surface area (Å²) in [5, 5.41) is 0. The maximum Gasteiger partial charge on any atom is 0.225 e. The highest BCUT2D eigenvalue weighted by Gasteiger charge is 2.22. The maximum atomic E-state index is 12.6. The summed E-state index contributed by atoms with van der Waals surface area (Å²) in [6.07, 6.45) is 3.45. The van der Waals surface area contributed by atoms with Gasteiger partial charge in [0.05, 0.1) is 12.4 Å². The van der Waals surface area contributed by atoms with Gasteiger partial charge in [0, 0.05) is 13.1 Å². The van der Waals surface area contributed by atoms with Crippen LogP contribution in [0.2, 0.25) is 0 Å². The number of rotatable bonds is 2. The molecule has 0 saturated carbocycles. The lowest BCUT2D eigenvalue weighted by Gasteiger charge is -2.15. The fraction of sp³-hybridized carbons (Fsp3) is 0.556. The lowest BCUT2D eigenvalue weighted by atomic mass is 10.1. The number of anilines is 1. The first-order chi connectivity index (χ1) is 6.79. The predicted octanol–water partition coefficient (Wildman–Crippen LogP) is 0.401. The van der Waals surface area contributed by atoms with E-state index in [1.165, 1.54) is 12.4 Å². The smallest absolute Gasteiger partial charge is 0.225 e. The van der Waals surface area contributed by atoms with Crippen LogP contribution in [0.25, 0.3) is 0 Å². The molecular formula is C9H13FN4. The summed E-state index contributed by atoms with van der Waals surface area (Å²) >= 11 is 0. The number of hydrogen-bond donors (Lipinski definition) is 1. The molecule has 1 aliphatic rings. The van der Waals surface area contributed by atoms with Crippen molar-refractivity contribution in [2.24, 2.45) is 11.7 Å². The normalized spacial score (nSPS) is 21.6. The Morgan fingerprint density at radius 2 is 2.21 bits per heavy atom. The maximum absolute atomic E-state index is 12.6. The van der Waals surface area contributed by atoms with Gasteiger partial charge in [0.1, 0.15) is 0 Å². The topological polar surface area (TPSA) is 55.0 Å². The van der Waals surface area contributed by atoms with E-state index in [1.54, 1.807) is 0 Å². The van der Waals surface area contributed by atoms with E-state index in [1.807, 2.05) is 4.90 Å². The van der Waals surface area contributed by atoms with Crippen LogP contribution in [0.15, 0.2) is 12.4 Å². The summed E-state index contributed by atoms with van der Waals surface area (Å²) in [6, 6.07) is 0. The molecule has 0 aliphatic carbocycles. The molecule has 1 atom stereocenters. The van der Waals surface area contributed by atoms with E-state index in [2.05, 4.69) is 9.97 Å². The van der Waals surface area contributed by atoms with Crippen molar-refractivity contribution < 1.29 is 4.39 Å². The second-order valence-corrected chi connectivity index (χ2v) is 3.54. The van der Waals surface area contributed by atoms with Gasteiger partial charge >= 0.3 is 0 Å². The Kier molecular flexibility index (Phi) is 2.58. The molecule has 1 saturated heterocycles. The third-order valence-electron chi connectivity index (χ3n) is 2.51. The van der Waals surface area contributed by atoms with Gasteiger partial charge in [-0.15, -0.1) is 0 Å². The molecule has 1 aromatic heterocycles. The minimum atomic E-state index is -0.400. The molecule has 1 aromatic rings. The Hall–Kier alpha value is -1.23. The van der Waals surface area contributed by atoms with Gasteiger partial charge in [-0.1, -0.05) is 0 Å². The molecule has 1 fully saturated rings. The number of nitrogens with zero attached hydrogens (tertiary/aromatic N) is 3. The van der Waals surface area contributed by atoms with Crippen molar-refractivity contribution in [1.29, 1.82) is 0 Å². The molecule has 0 unspecified atom stereocenters. The van der Waals surface area contributed by atoms with Crippen LogP contribution in [-0.2, 0) is 0 Å². The minimum absolute atomic E-state index is 0.400. The molecule has 2 N–H and O–H groups in total. The Bertz CT molecular complexity index is 300. The highest BCUT2D eigenvalue weighted by molar-refractivity contribution is 5.30. The van der Waals surface area contributed by atoms with E-state index in [0.717, 1.165) is 19.5 Å². The quantitative estimate of drug-likeness (QED) is 0.744. The van der Waals surface area contributed by atoms with Gasteiger partial charge in [-0.25, -0.2) is 14.4 Å². The van der Waals surface area contributed by atoms with Crippen LogP contribution < -0.4 is 10.6 Å². The zero-order valence-corrected chi connectivity index (χ0v) is 7.86. The Morgan fingerprint density at radius 3 is 2.79 bits per heavy atom. The van der Waals surface area contributed by atoms with E-state index in [9.17, 15) is 4.39 Å². The first-order valence-electron chi connectivity index (χ1n) is 4.72. The second-order valence-electron chi connectivity index (χ2n) is 3.54. The van der Waals surface area contributed by atoms with Crippen molar-refractivity contribution in [3.63, 3.8) is 0 Å². The van der Waals surface area contributed by atoms with E-state index >= 15 is 0 Å². The third-order valence-corrected chi connectivity index (χ3v) is 2.51. The van der Waals surface area contributed by atoms with Gasteiger partial charge in [-0.2, -0.15) is 0 Å². The van der Waals surface area contributed by atoms with Gasteiger partial charge in [0.15, 0.2) is 5.82 Å². The summed E-state index contributed by atoms with van der Waals surface area (Å²) in [5.74, 6) is 0.717. The summed E-state index contributed by atoms with van der Waals surface area (Å²) in [7, 11) is 0. The van der Waals surface area contributed by atoms with Gasteiger partial charge in [0.25, 0.3) is 0 Å².